The lowest BCUT2D eigenvalue weighted by molar-refractivity contribution is -0.147. The van der Waals surface area contributed by atoms with E-state index in [1.54, 1.807) is 19.2 Å². The number of hydrogen-bond donors (Lipinski definition) is 2. The zero-order chi connectivity index (χ0) is 15.5. The number of aliphatic carboxylic acids is 1. The topological polar surface area (TPSA) is 84.9 Å². The number of anilines is 1. The fraction of sp³-hybridized carbons (Fsp3) is 0.429. The van der Waals surface area contributed by atoms with Crippen LogP contribution in [0.4, 0.5) is 5.69 Å². The van der Waals surface area contributed by atoms with Gasteiger partial charge in [-0.1, -0.05) is 11.6 Å². The van der Waals surface area contributed by atoms with E-state index in [0.29, 0.717) is 42.5 Å². The number of hydrogen-bond acceptors (Lipinski definition) is 4. The number of carbonyl (C=O) groups is 2. The van der Waals surface area contributed by atoms with Crippen LogP contribution in [0, 0.1) is 5.41 Å². The largest absolute Gasteiger partial charge is 0.490 e. The van der Waals surface area contributed by atoms with E-state index in [9.17, 15) is 9.59 Å². The van der Waals surface area contributed by atoms with Crippen LogP contribution in [0.25, 0.3) is 0 Å². The second-order valence-corrected chi connectivity index (χ2v) is 5.24. The highest BCUT2D eigenvalue weighted by molar-refractivity contribution is 6.32. The lowest BCUT2D eigenvalue weighted by Gasteiger charge is -2.12. The molecule has 1 fully saturated rings. The lowest BCUT2D eigenvalue weighted by atomic mass is 10.1. The van der Waals surface area contributed by atoms with Crippen molar-refractivity contribution in [3.05, 3.63) is 23.2 Å². The van der Waals surface area contributed by atoms with Crippen molar-refractivity contribution in [2.24, 2.45) is 5.41 Å². The Kier molecular flexibility index (Phi) is 4.69. The molecule has 114 valence electrons. The molecule has 0 saturated heterocycles. The molecule has 7 heteroatoms. The second-order valence-electron chi connectivity index (χ2n) is 4.83. The Hall–Kier alpha value is -1.79. The lowest BCUT2D eigenvalue weighted by Crippen LogP contribution is -2.31. The molecule has 1 aliphatic rings. The molecule has 1 aliphatic carbocycles. The average Bonchev–Trinajstić information content (AvgIpc) is 3.23. The highest BCUT2D eigenvalue weighted by Gasteiger charge is 2.57. The number of carboxylic acid groups (broad SMARTS) is 1. The number of benzene rings is 1. The highest BCUT2D eigenvalue weighted by atomic mass is 35.5. The summed E-state index contributed by atoms with van der Waals surface area (Å²) in [7, 11) is 1.57. The van der Waals surface area contributed by atoms with E-state index < -0.39 is 17.3 Å². The van der Waals surface area contributed by atoms with Gasteiger partial charge in [-0.2, -0.15) is 0 Å². The molecule has 1 amide bonds. The van der Waals surface area contributed by atoms with Gasteiger partial charge >= 0.3 is 5.97 Å². The van der Waals surface area contributed by atoms with Gasteiger partial charge in [0.25, 0.3) is 0 Å². The van der Waals surface area contributed by atoms with Gasteiger partial charge in [-0.25, -0.2) is 0 Å². The molecule has 0 aliphatic heterocycles. The van der Waals surface area contributed by atoms with Gasteiger partial charge in [0.2, 0.25) is 5.91 Å². The fourth-order valence-electron chi connectivity index (χ4n) is 1.84. The maximum atomic E-state index is 12.0. The van der Waals surface area contributed by atoms with Gasteiger partial charge in [0.1, 0.15) is 17.8 Å². The summed E-state index contributed by atoms with van der Waals surface area (Å²) >= 11 is 6.05. The highest BCUT2D eigenvalue weighted by Crippen LogP contribution is 2.46. The molecule has 1 saturated carbocycles. The minimum Gasteiger partial charge on any atom is -0.490 e. The van der Waals surface area contributed by atoms with Crippen molar-refractivity contribution in [1.82, 2.24) is 0 Å². The predicted molar refractivity (Wildman–Crippen MR) is 76.8 cm³/mol. The van der Waals surface area contributed by atoms with Crippen LogP contribution in [0.1, 0.15) is 12.8 Å². The van der Waals surface area contributed by atoms with E-state index in [0.717, 1.165) is 0 Å². The van der Waals surface area contributed by atoms with Crippen LogP contribution < -0.4 is 10.1 Å². The first kappa shape index (κ1) is 15.6. The van der Waals surface area contributed by atoms with Crippen molar-refractivity contribution in [1.29, 1.82) is 0 Å². The number of carboxylic acids is 1. The van der Waals surface area contributed by atoms with Gasteiger partial charge in [-0.15, -0.1) is 0 Å². The molecular weight excluding hydrogens is 298 g/mol. The van der Waals surface area contributed by atoms with Crippen LogP contribution in [0.3, 0.4) is 0 Å². The average molecular weight is 314 g/mol. The van der Waals surface area contributed by atoms with Crippen LogP contribution in [0.15, 0.2) is 18.2 Å². The van der Waals surface area contributed by atoms with Gasteiger partial charge in [0.15, 0.2) is 0 Å². The molecule has 0 heterocycles. The molecule has 0 unspecified atom stereocenters. The summed E-state index contributed by atoms with van der Waals surface area (Å²) in [6.07, 6.45) is 0.722. The van der Waals surface area contributed by atoms with Crippen molar-refractivity contribution in [2.75, 3.05) is 25.6 Å². The first-order valence-electron chi connectivity index (χ1n) is 6.46. The Bertz CT molecular complexity index is 556. The molecule has 2 rings (SSSR count). The van der Waals surface area contributed by atoms with Gasteiger partial charge < -0.3 is 19.9 Å². The Morgan fingerprint density at radius 2 is 2.10 bits per heavy atom. The first-order chi connectivity index (χ1) is 9.99. The molecule has 2 N–H and O–H groups in total. The summed E-state index contributed by atoms with van der Waals surface area (Å²) in [4.78, 5) is 23.0. The molecule has 21 heavy (non-hydrogen) atoms. The molecule has 0 radical (unpaired) electrons. The van der Waals surface area contributed by atoms with E-state index in [1.807, 2.05) is 0 Å². The third kappa shape index (κ3) is 3.46. The molecule has 0 aromatic heterocycles. The molecule has 1 aromatic carbocycles. The van der Waals surface area contributed by atoms with Crippen molar-refractivity contribution in [3.8, 4) is 5.75 Å². The predicted octanol–water partition coefficient (Wildman–Crippen LogP) is 2.17. The monoisotopic (exact) mass is 313 g/mol. The molecule has 0 bridgehead atoms. The Morgan fingerprint density at radius 3 is 2.62 bits per heavy atom. The molecular formula is C14H16ClNO5. The molecule has 0 atom stereocenters. The summed E-state index contributed by atoms with van der Waals surface area (Å²) < 4.78 is 10.3. The summed E-state index contributed by atoms with van der Waals surface area (Å²) in [5, 5.41) is 12.0. The van der Waals surface area contributed by atoms with Crippen molar-refractivity contribution in [2.45, 2.75) is 12.8 Å². The summed E-state index contributed by atoms with van der Waals surface area (Å²) in [6.45, 7) is 0.806. The number of ether oxygens (including phenoxy) is 2. The zero-order valence-electron chi connectivity index (χ0n) is 11.5. The van der Waals surface area contributed by atoms with Crippen LogP contribution in [-0.4, -0.2) is 37.3 Å². The zero-order valence-corrected chi connectivity index (χ0v) is 12.3. The summed E-state index contributed by atoms with van der Waals surface area (Å²) in [6, 6.07) is 4.76. The van der Waals surface area contributed by atoms with Crippen LogP contribution in [-0.2, 0) is 14.3 Å². The van der Waals surface area contributed by atoms with E-state index >= 15 is 0 Å². The number of methoxy groups -OCH3 is 1. The van der Waals surface area contributed by atoms with Gasteiger partial charge in [0.05, 0.1) is 11.6 Å². The van der Waals surface area contributed by atoms with Gasteiger partial charge in [-0.05, 0) is 31.0 Å². The molecule has 0 spiro atoms. The van der Waals surface area contributed by atoms with E-state index in [4.69, 9.17) is 26.2 Å². The number of halogens is 1. The second kappa shape index (κ2) is 6.32. The maximum Gasteiger partial charge on any atom is 0.319 e. The SMILES string of the molecule is COCCOc1ccc(NC(=O)C2(C(=O)O)CC2)cc1Cl. The number of amides is 1. The third-order valence-electron chi connectivity index (χ3n) is 3.33. The van der Waals surface area contributed by atoms with Crippen molar-refractivity contribution < 1.29 is 24.2 Å². The number of nitrogens with one attached hydrogen (secondary N) is 1. The summed E-state index contributed by atoms with van der Waals surface area (Å²) in [5.74, 6) is -1.13. The van der Waals surface area contributed by atoms with E-state index in [1.165, 1.54) is 6.07 Å². The fourth-order valence-corrected chi connectivity index (χ4v) is 2.08. The van der Waals surface area contributed by atoms with Gasteiger partial charge in [0, 0.05) is 12.8 Å². The Balaban J connectivity index is 2.00. The smallest absolute Gasteiger partial charge is 0.319 e. The Labute approximate surface area is 127 Å². The quantitative estimate of drug-likeness (QED) is 0.595. The third-order valence-corrected chi connectivity index (χ3v) is 3.62. The van der Waals surface area contributed by atoms with Crippen molar-refractivity contribution in [3.63, 3.8) is 0 Å². The minimum absolute atomic E-state index is 0.337. The standard InChI is InChI=1S/C14H16ClNO5/c1-20-6-7-21-11-3-2-9(8-10(11)15)16-12(17)14(4-5-14)13(18)19/h2-3,8H,4-7H2,1H3,(H,16,17)(H,18,19). The number of rotatable bonds is 7. The van der Waals surface area contributed by atoms with Gasteiger partial charge in [-0.3, -0.25) is 9.59 Å². The van der Waals surface area contributed by atoms with Crippen LogP contribution >= 0.6 is 11.6 Å². The summed E-state index contributed by atoms with van der Waals surface area (Å²) in [5.41, 5.74) is -0.836. The normalized spacial score (nSPS) is 15.3. The molecule has 6 nitrogen and oxygen atoms in total. The van der Waals surface area contributed by atoms with E-state index in [2.05, 4.69) is 5.32 Å². The maximum absolute atomic E-state index is 12.0. The minimum atomic E-state index is -1.28. The number of carbonyl (C=O) groups excluding carboxylic acids is 1. The first-order valence-corrected chi connectivity index (χ1v) is 6.83. The van der Waals surface area contributed by atoms with E-state index in [-0.39, 0.29) is 0 Å². The van der Waals surface area contributed by atoms with Crippen LogP contribution in [0.2, 0.25) is 5.02 Å². The molecule has 1 aromatic rings. The van der Waals surface area contributed by atoms with Crippen LogP contribution in [0.5, 0.6) is 5.75 Å². The Morgan fingerprint density at radius 1 is 1.38 bits per heavy atom. The van der Waals surface area contributed by atoms with Crippen molar-refractivity contribution >= 4 is 29.2 Å².